The summed E-state index contributed by atoms with van der Waals surface area (Å²) in [5, 5.41) is 32.0. The van der Waals surface area contributed by atoms with E-state index in [1.807, 2.05) is 21.1 Å². The Morgan fingerprint density at radius 1 is 1.00 bits per heavy atom. The molecule has 0 heterocycles. The summed E-state index contributed by atoms with van der Waals surface area (Å²) in [6.07, 6.45) is 5.97. The average molecular weight is 361 g/mol. The van der Waals surface area contributed by atoms with E-state index in [-0.39, 0.29) is 13.2 Å². The molecule has 1 saturated carbocycles. The van der Waals surface area contributed by atoms with Crippen LogP contribution in [0.3, 0.4) is 0 Å². The smallest absolute Gasteiger partial charge is 0.116 e. The van der Waals surface area contributed by atoms with Crippen LogP contribution >= 0.6 is 0 Å². The van der Waals surface area contributed by atoms with Gasteiger partial charge < -0.3 is 31.1 Å². The SMILES string of the molecule is CC.CC(O)COCC(O)C[B]CC(O)CNC1CCCCC1.CN. The third-order valence-electron chi connectivity index (χ3n) is 3.79. The van der Waals surface area contributed by atoms with E-state index in [1.165, 1.54) is 39.2 Å². The van der Waals surface area contributed by atoms with Crippen LogP contribution in [0.4, 0.5) is 0 Å². The van der Waals surface area contributed by atoms with Crippen molar-refractivity contribution in [2.45, 2.75) is 89.9 Å². The first-order valence-corrected chi connectivity index (χ1v) is 9.82. The predicted octanol–water partition coefficient (Wildman–Crippen LogP) is 1.17. The standard InChI is InChI=1S/C15H31BNO4.C2H6.CH5N/c1-12(18)10-21-11-15(20)8-16-7-14(19)9-17-13-5-3-2-4-6-13;2*1-2/h12-15,17-20H,2-11H2,1H3;1-2H3;2H2,1H3. The Morgan fingerprint density at radius 3 is 2.12 bits per heavy atom. The molecule has 3 unspecified atom stereocenters. The van der Waals surface area contributed by atoms with Crippen molar-refractivity contribution in [1.82, 2.24) is 5.32 Å². The van der Waals surface area contributed by atoms with Crippen LogP contribution in [0.1, 0.15) is 52.9 Å². The predicted molar refractivity (Wildman–Crippen MR) is 106 cm³/mol. The molecule has 0 bridgehead atoms. The summed E-state index contributed by atoms with van der Waals surface area (Å²) in [4.78, 5) is 0. The van der Waals surface area contributed by atoms with Gasteiger partial charge in [-0.05, 0) is 26.8 Å². The lowest BCUT2D eigenvalue weighted by molar-refractivity contribution is 0.00388. The summed E-state index contributed by atoms with van der Waals surface area (Å²) >= 11 is 0. The minimum Gasteiger partial charge on any atom is -0.393 e. The third-order valence-corrected chi connectivity index (χ3v) is 3.79. The van der Waals surface area contributed by atoms with Crippen LogP contribution in [-0.2, 0) is 4.74 Å². The lowest BCUT2D eigenvalue weighted by Gasteiger charge is -2.24. The van der Waals surface area contributed by atoms with E-state index < -0.39 is 18.3 Å². The first-order chi connectivity index (χ1) is 12.1. The number of hydrogen-bond donors (Lipinski definition) is 5. The van der Waals surface area contributed by atoms with Crippen molar-refractivity contribution in [1.29, 1.82) is 0 Å². The maximum Gasteiger partial charge on any atom is 0.116 e. The van der Waals surface area contributed by atoms with E-state index >= 15 is 0 Å². The van der Waals surface area contributed by atoms with Gasteiger partial charge in [-0.25, -0.2) is 0 Å². The van der Waals surface area contributed by atoms with E-state index in [2.05, 4.69) is 11.1 Å². The van der Waals surface area contributed by atoms with Crippen LogP contribution in [0.2, 0.25) is 12.6 Å². The first kappa shape index (κ1) is 27.0. The van der Waals surface area contributed by atoms with Gasteiger partial charge in [-0.1, -0.05) is 45.8 Å². The highest BCUT2D eigenvalue weighted by atomic mass is 16.5. The van der Waals surface area contributed by atoms with Gasteiger partial charge in [0.15, 0.2) is 0 Å². The van der Waals surface area contributed by atoms with Crippen molar-refractivity contribution >= 4 is 7.28 Å². The fourth-order valence-corrected chi connectivity index (χ4v) is 2.62. The highest BCUT2D eigenvalue weighted by molar-refractivity contribution is 6.35. The van der Waals surface area contributed by atoms with E-state index in [4.69, 9.17) is 9.84 Å². The first-order valence-electron chi connectivity index (χ1n) is 9.82. The molecule has 1 fully saturated rings. The zero-order valence-corrected chi connectivity index (χ0v) is 16.8. The van der Waals surface area contributed by atoms with E-state index in [0.29, 0.717) is 25.2 Å². The van der Waals surface area contributed by atoms with Gasteiger partial charge in [-0.2, -0.15) is 0 Å². The fourth-order valence-electron chi connectivity index (χ4n) is 2.62. The highest BCUT2D eigenvalue weighted by Gasteiger charge is 2.15. The van der Waals surface area contributed by atoms with Crippen molar-refractivity contribution in [3.8, 4) is 0 Å². The molecule has 0 aromatic carbocycles. The molecule has 0 aromatic heterocycles. The molecule has 1 aliphatic carbocycles. The second kappa shape index (κ2) is 20.1. The Hall–Kier alpha value is -0.175. The molecule has 6 nitrogen and oxygen atoms in total. The Balaban J connectivity index is 0. The van der Waals surface area contributed by atoms with Crippen LogP contribution in [0.15, 0.2) is 0 Å². The second-order valence-electron chi connectivity index (χ2n) is 6.20. The molecule has 0 saturated heterocycles. The molecule has 25 heavy (non-hydrogen) atoms. The highest BCUT2D eigenvalue weighted by Crippen LogP contribution is 2.17. The summed E-state index contributed by atoms with van der Waals surface area (Å²) in [7, 11) is 3.41. The molecule has 7 heteroatoms. The number of aliphatic hydroxyl groups excluding tert-OH is 3. The summed E-state index contributed by atoms with van der Waals surface area (Å²) in [5.41, 5.74) is 4.50. The summed E-state index contributed by atoms with van der Waals surface area (Å²) in [5.74, 6) is 0. The number of rotatable bonds is 11. The molecule has 0 amide bonds. The Labute approximate surface area is 155 Å². The largest absolute Gasteiger partial charge is 0.393 e. The third kappa shape index (κ3) is 18.4. The second-order valence-corrected chi connectivity index (χ2v) is 6.20. The molecule has 6 N–H and O–H groups in total. The monoisotopic (exact) mass is 361 g/mol. The van der Waals surface area contributed by atoms with Gasteiger partial charge >= 0.3 is 0 Å². The van der Waals surface area contributed by atoms with Gasteiger partial charge in [0.2, 0.25) is 0 Å². The zero-order chi connectivity index (χ0) is 19.5. The number of ether oxygens (including phenoxy) is 1. The molecule has 1 rings (SSSR count). The van der Waals surface area contributed by atoms with Gasteiger partial charge in [0.25, 0.3) is 0 Å². The van der Waals surface area contributed by atoms with Crippen LogP contribution in [-0.4, -0.2) is 73.8 Å². The molecular formula is C18H42BN2O4. The molecule has 1 aliphatic rings. The number of aliphatic hydroxyl groups is 3. The average Bonchev–Trinajstić information content (AvgIpc) is 2.64. The van der Waals surface area contributed by atoms with Gasteiger partial charge in [0.05, 0.1) is 31.5 Å². The van der Waals surface area contributed by atoms with Crippen LogP contribution in [0.25, 0.3) is 0 Å². The van der Waals surface area contributed by atoms with E-state index in [0.717, 1.165) is 0 Å². The van der Waals surface area contributed by atoms with Crippen LogP contribution < -0.4 is 11.1 Å². The zero-order valence-electron chi connectivity index (χ0n) is 16.8. The fraction of sp³-hybridized carbons (Fsp3) is 1.00. The van der Waals surface area contributed by atoms with Crippen LogP contribution in [0.5, 0.6) is 0 Å². The summed E-state index contributed by atoms with van der Waals surface area (Å²) < 4.78 is 5.15. The van der Waals surface area contributed by atoms with Gasteiger partial charge in [0.1, 0.15) is 7.28 Å². The molecule has 0 aromatic rings. The summed E-state index contributed by atoms with van der Waals surface area (Å²) in [6, 6.07) is 0.563. The van der Waals surface area contributed by atoms with Crippen molar-refractivity contribution in [2.75, 3.05) is 26.8 Å². The van der Waals surface area contributed by atoms with Gasteiger partial charge in [-0.3, -0.25) is 0 Å². The lowest BCUT2D eigenvalue weighted by atomic mass is 9.67. The molecule has 1 radical (unpaired) electrons. The number of nitrogens with one attached hydrogen (secondary N) is 1. The molecule has 0 aliphatic heterocycles. The minimum absolute atomic E-state index is 0.220. The van der Waals surface area contributed by atoms with E-state index in [9.17, 15) is 10.2 Å². The van der Waals surface area contributed by atoms with Gasteiger partial charge in [-0.15, -0.1) is 0 Å². The Kier molecular flexibility index (Phi) is 21.8. The Morgan fingerprint density at radius 2 is 1.56 bits per heavy atom. The topological polar surface area (TPSA) is 108 Å². The quantitative estimate of drug-likeness (QED) is 0.354. The normalized spacial score (nSPS) is 18.1. The maximum absolute atomic E-state index is 9.90. The number of hydrogen-bond acceptors (Lipinski definition) is 6. The van der Waals surface area contributed by atoms with Crippen molar-refractivity contribution < 1.29 is 20.1 Å². The van der Waals surface area contributed by atoms with Gasteiger partial charge in [0, 0.05) is 12.6 Å². The molecule has 151 valence electrons. The maximum atomic E-state index is 9.90. The number of nitrogens with two attached hydrogens (primary N) is 1. The summed E-state index contributed by atoms with van der Waals surface area (Å²) in [6.45, 7) is 6.73. The molecule has 3 atom stereocenters. The van der Waals surface area contributed by atoms with Crippen molar-refractivity contribution in [2.24, 2.45) is 5.73 Å². The van der Waals surface area contributed by atoms with E-state index in [1.54, 1.807) is 6.92 Å². The Bertz CT molecular complexity index is 255. The minimum atomic E-state index is -0.567. The lowest BCUT2D eigenvalue weighted by Crippen LogP contribution is -2.37. The van der Waals surface area contributed by atoms with Crippen LogP contribution in [0, 0.1) is 0 Å². The van der Waals surface area contributed by atoms with Crippen molar-refractivity contribution in [3.05, 3.63) is 0 Å². The van der Waals surface area contributed by atoms with Crippen molar-refractivity contribution in [3.63, 3.8) is 0 Å². The molecular weight excluding hydrogens is 319 g/mol. The molecule has 0 spiro atoms.